The predicted octanol–water partition coefficient (Wildman–Crippen LogP) is 4.29. The first-order valence-corrected chi connectivity index (χ1v) is 18.9. The molecule has 3 N–H and O–H groups in total. The van der Waals surface area contributed by atoms with Crippen molar-refractivity contribution in [1.82, 2.24) is 4.90 Å². The molecule has 5 aliphatic carbocycles. The third-order valence-electron chi connectivity index (χ3n) is 16.6. The number of aliphatic hydroxyl groups is 3. The number of aliphatic hydroxyl groups excluding tert-OH is 2. The zero-order chi connectivity index (χ0) is 33.5. The molecule has 5 unspecified atom stereocenters. The number of esters is 1. The first-order valence-electron chi connectivity index (χ1n) is 18.9. The molecule has 15 atom stereocenters. The van der Waals surface area contributed by atoms with Crippen molar-refractivity contribution in [3.8, 4) is 0 Å². The number of carbonyl (C=O) groups is 1. The zero-order valence-corrected chi connectivity index (χ0v) is 29.9. The van der Waals surface area contributed by atoms with E-state index in [9.17, 15) is 20.1 Å². The quantitative estimate of drug-likeness (QED) is 0.372. The summed E-state index contributed by atoms with van der Waals surface area (Å²) in [6.07, 6.45) is 6.87. The number of nitrogens with zero attached hydrogens (tertiary/aromatic N) is 1. The Bertz CT molecular complexity index is 1270. The second-order valence-electron chi connectivity index (χ2n) is 19.0. The molecule has 2 spiro atoms. The highest BCUT2D eigenvalue weighted by Gasteiger charge is 2.84. The molecule has 9 nitrogen and oxygen atoms in total. The Hall–Kier alpha value is -0.810. The summed E-state index contributed by atoms with van der Waals surface area (Å²) in [5.74, 6) is 1.41. The maximum Gasteiger partial charge on any atom is 0.323 e. The van der Waals surface area contributed by atoms with Crippen LogP contribution in [0, 0.1) is 50.7 Å². The minimum absolute atomic E-state index is 0.00728. The molecule has 3 aliphatic heterocycles. The second-order valence-corrected chi connectivity index (χ2v) is 19.0. The Labute approximate surface area is 281 Å². The van der Waals surface area contributed by atoms with Gasteiger partial charge in [-0.1, -0.05) is 34.6 Å². The summed E-state index contributed by atoms with van der Waals surface area (Å²) < 4.78 is 24.9. The fraction of sp³-hybridized carbons (Fsp3) is 0.974. The Kier molecular flexibility index (Phi) is 7.53. The largest absolute Gasteiger partial charge is 0.464 e. The standard InChI is InChI=1S/C38H61NO8/c1-21-18-23(30(40)34(4,5)43)46-29-28(21)35(6)13-14-38-20-37(38)12-10-26(33(2,3)24(37)8-9-25(38)36(35,7)31(29)41)47-27-19-39(15-17-44-27)22-11-16-45-32(22)42/h21-31,40-41,43H,8-20H2,1-7H3/t21-,22-,23?,24+,25+,26+,27?,28?,29?,30+,31+,35-,36-,37-,38?/m1/s1. The van der Waals surface area contributed by atoms with Gasteiger partial charge in [0, 0.05) is 18.4 Å². The highest BCUT2D eigenvalue weighted by atomic mass is 16.7. The van der Waals surface area contributed by atoms with Crippen LogP contribution in [0.5, 0.6) is 0 Å². The lowest BCUT2D eigenvalue weighted by Crippen LogP contribution is -2.60. The van der Waals surface area contributed by atoms with Crippen LogP contribution in [0.15, 0.2) is 0 Å². The smallest absolute Gasteiger partial charge is 0.323 e. The molecule has 0 radical (unpaired) electrons. The van der Waals surface area contributed by atoms with E-state index < -0.39 is 23.9 Å². The van der Waals surface area contributed by atoms with Gasteiger partial charge < -0.3 is 34.3 Å². The lowest BCUT2D eigenvalue weighted by Gasteiger charge is -2.64. The summed E-state index contributed by atoms with van der Waals surface area (Å²) in [4.78, 5) is 14.5. The Morgan fingerprint density at radius 3 is 2.43 bits per heavy atom. The van der Waals surface area contributed by atoms with E-state index in [0.717, 1.165) is 45.1 Å². The predicted molar refractivity (Wildman–Crippen MR) is 174 cm³/mol. The Morgan fingerprint density at radius 2 is 1.72 bits per heavy atom. The molecule has 47 heavy (non-hydrogen) atoms. The fourth-order valence-electron chi connectivity index (χ4n) is 14.2. The minimum Gasteiger partial charge on any atom is -0.464 e. The summed E-state index contributed by atoms with van der Waals surface area (Å²) in [6, 6.07) is -0.173. The van der Waals surface area contributed by atoms with E-state index in [1.807, 2.05) is 0 Å². The summed E-state index contributed by atoms with van der Waals surface area (Å²) in [5, 5.41) is 34.1. The molecule has 8 aliphatic rings. The van der Waals surface area contributed by atoms with Gasteiger partial charge in [-0.15, -0.1) is 0 Å². The molecule has 8 rings (SSSR count). The van der Waals surface area contributed by atoms with Gasteiger partial charge in [-0.25, -0.2) is 0 Å². The van der Waals surface area contributed by atoms with Crippen molar-refractivity contribution < 1.29 is 39.1 Å². The monoisotopic (exact) mass is 659 g/mol. The third kappa shape index (κ3) is 4.35. The van der Waals surface area contributed by atoms with Crippen molar-refractivity contribution in [2.24, 2.45) is 50.7 Å². The summed E-state index contributed by atoms with van der Waals surface area (Å²) in [7, 11) is 0. The van der Waals surface area contributed by atoms with Gasteiger partial charge in [0.1, 0.15) is 12.1 Å². The van der Waals surface area contributed by atoms with Crippen LogP contribution in [0.25, 0.3) is 0 Å². The molecule has 0 aromatic carbocycles. The van der Waals surface area contributed by atoms with E-state index in [4.69, 9.17) is 18.9 Å². The first-order chi connectivity index (χ1) is 22.0. The molecule has 9 heteroatoms. The van der Waals surface area contributed by atoms with Gasteiger partial charge in [0.2, 0.25) is 0 Å². The van der Waals surface area contributed by atoms with E-state index in [0.29, 0.717) is 43.9 Å². The average molecular weight is 660 g/mol. The number of hydrogen-bond acceptors (Lipinski definition) is 9. The fourth-order valence-corrected chi connectivity index (χ4v) is 14.2. The van der Waals surface area contributed by atoms with E-state index in [1.54, 1.807) is 13.8 Å². The first kappa shape index (κ1) is 33.3. The summed E-state index contributed by atoms with van der Waals surface area (Å²) in [5.41, 5.74) is -1.04. The van der Waals surface area contributed by atoms with Crippen LogP contribution >= 0.6 is 0 Å². The zero-order valence-electron chi connectivity index (χ0n) is 29.9. The molecular weight excluding hydrogens is 598 g/mol. The van der Waals surface area contributed by atoms with Crippen molar-refractivity contribution in [2.75, 3.05) is 26.3 Å². The SMILES string of the molecule is C[C@@H]1CC([C@H](O)C(C)(C)O)OC2C1[C@@]1(C)CCC34C[C@@]35CC[C@H](OC3CN([C@@H]6CCOC6=O)CCO3)C(C)(C)[C@@H]5CC[C@H]4[C@]1(C)[C@H]2O. The number of cyclic esters (lactones) is 1. The maximum atomic E-state index is 12.4. The van der Waals surface area contributed by atoms with Gasteiger partial charge in [0.05, 0.1) is 49.8 Å². The van der Waals surface area contributed by atoms with Gasteiger partial charge in [-0.3, -0.25) is 9.69 Å². The van der Waals surface area contributed by atoms with Crippen LogP contribution in [0.1, 0.15) is 106 Å². The minimum atomic E-state index is -1.26. The lowest BCUT2D eigenvalue weighted by molar-refractivity contribution is -0.250. The highest BCUT2D eigenvalue weighted by molar-refractivity contribution is 5.77. The number of carbonyl (C=O) groups excluding carboxylic acids is 1. The van der Waals surface area contributed by atoms with Crippen LogP contribution in [0.4, 0.5) is 0 Å². The second kappa shape index (κ2) is 10.6. The van der Waals surface area contributed by atoms with E-state index in [2.05, 4.69) is 39.5 Å². The topological polar surface area (TPSA) is 118 Å². The van der Waals surface area contributed by atoms with Crippen molar-refractivity contribution in [3.63, 3.8) is 0 Å². The lowest BCUT2D eigenvalue weighted by atomic mass is 9.41. The average Bonchev–Trinajstić information content (AvgIpc) is 3.41. The van der Waals surface area contributed by atoms with Crippen molar-refractivity contribution in [2.45, 2.75) is 155 Å². The number of hydrogen-bond donors (Lipinski definition) is 3. The number of morpholine rings is 1. The summed E-state index contributed by atoms with van der Waals surface area (Å²) in [6.45, 7) is 17.7. The summed E-state index contributed by atoms with van der Waals surface area (Å²) >= 11 is 0. The van der Waals surface area contributed by atoms with Crippen molar-refractivity contribution in [1.29, 1.82) is 0 Å². The van der Waals surface area contributed by atoms with Crippen LogP contribution in [0.3, 0.4) is 0 Å². The number of rotatable bonds is 5. The third-order valence-corrected chi connectivity index (χ3v) is 16.6. The normalized spacial score (nSPS) is 54.4. The van der Waals surface area contributed by atoms with Crippen molar-refractivity contribution in [3.05, 3.63) is 0 Å². The number of ether oxygens (including phenoxy) is 4. The molecule has 266 valence electrons. The maximum absolute atomic E-state index is 12.4. The van der Waals surface area contributed by atoms with Gasteiger partial charge in [0.15, 0.2) is 6.29 Å². The van der Waals surface area contributed by atoms with Gasteiger partial charge >= 0.3 is 5.97 Å². The molecule has 0 bridgehead atoms. The highest BCUT2D eigenvalue weighted by Crippen LogP contribution is 2.89. The molecule has 3 heterocycles. The Morgan fingerprint density at radius 1 is 1.00 bits per heavy atom. The molecule has 0 aromatic heterocycles. The molecule has 3 saturated heterocycles. The van der Waals surface area contributed by atoms with E-state index >= 15 is 0 Å². The van der Waals surface area contributed by atoms with Crippen LogP contribution in [0.2, 0.25) is 0 Å². The molecule has 5 saturated carbocycles. The number of fused-ring (bicyclic) bond motifs is 4. The van der Waals surface area contributed by atoms with Crippen molar-refractivity contribution >= 4 is 5.97 Å². The van der Waals surface area contributed by atoms with Gasteiger partial charge in [-0.2, -0.15) is 0 Å². The van der Waals surface area contributed by atoms with Crippen LogP contribution in [-0.2, 0) is 23.7 Å². The van der Waals surface area contributed by atoms with E-state index in [-0.39, 0.29) is 63.5 Å². The molecule has 8 fully saturated rings. The van der Waals surface area contributed by atoms with Gasteiger partial charge in [0.25, 0.3) is 0 Å². The molecular formula is C38H61NO8. The van der Waals surface area contributed by atoms with Gasteiger partial charge in [-0.05, 0) is 111 Å². The molecule has 0 aromatic rings. The van der Waals surface area contributed by atoms with Crippen LogP contribution in [-0.4, -0.2) is 101 Å². The van der Waals surface area contributed by atoms with E-state index in [1.165, 1.54) is 12.8 Å². The molecule has 0 amide bonds. The Balaban J connectivity index is 1.02. The van der Waals surface area contributed by atoms with Crippen LogP contribution < -0.4 is 0 Å².